The number of rotatable bonds is 4. The third-order valence-corrected chi connectivity index (χ3v) is 10.3. The van der Waals surface area contributed by atoms with Crippen molar-refractivity contribution in [2.75, 3.05) is 7.11 Å². The van der Waals surface area contributed by atoms with E-state index in [0.717, 1.165) is 0 Å². The van der Waals surface area contributed by atoms with Crippen molar-refractivity contribution in [1.82, 2.24) is 4.57 Å². The average Bonchev–Trinajstić information content (AvgIpc) is 2.25. The molecule has 116 valence electrons. The fraction of sp³-hybridized carbons (Fsp3) is 0.857. The zero-order valence-corrected chi connectivity index (χ0v) is 14.6. The normalized spacial score (nSPS) is 25.2. The van der Waals surface area contributed by atoms with Gasteiger partial charge < -0.3 is 14.4 Å². The molecule has 1 aliphatic heterocycles. The third-order valence-electron chi connectivity index (χ3n) is 4.83. The molecule has 1 heterocycles. The largest absolute Gasteiger partial charge is 0.469 e. The van der Waals surface area contributed by atoms with Gasteiger partial charge in [0.2, 0.25) is 5.91 Å². The van der Waals surface area contributed by atoms with Gasteiger partial charge in [-0.2, -0.15) is 0 Å². The van der Waals surface area contributed by atoms with E-state index in [2.05, 4.69) is 33.9 Å². The molecule has 1 rings (SSSR count). The Morgan fingerprint density at radius 3 is 2.30 bits per heavy atom. The second kappa shape index (κ2) is 5.48. The summed E-state index contributed by atoms with van der Waals surface area (Å²) in [6.45, 7) is 12.2. The van der Waals surface area contributed by atoms with Crippen LogP contribution in [-0.4, -0.2) is 49.0 Å². The van der Waals surface area contributed by atoms with Crippen LogP contribution in [0.3, 0.4) is 0 Å². The number of nitrogens with zero attached hydrogens (tertiary/aromatic N) is 1. The van der Waals surface area contributed by atoms with Crippen molar-refractivity contribution in [1.29, 1.82) is 0 Å². The van der Waals surface area contributed by atoms with Gasteiger partial charge in [0.1, 0.15) is 0 Å². The van der Waals surface area contributed by atoms with Crippen LogP contribution in [0.5, 0.6) is 0 Å². The van der Waals surface area contributed by atoms with Crippen LogP contribution in [0.1, 0.15) is 34.1 Å². The van der Waals surface area contributed by atoms with Gasteiger partial charge in [-0.1, -0.05) is 33.9 Å². The Balaban J connectivity index is 3.06. The summed E-state index contributed by atoms with van der Waals surface area (Å²) in [5.41, 5.74) is 0. The molecule has 1 fully saturated rings. The second-order valence-corrected chi connectivity index (χ2v) is 12.2. The highest BCUT2D eigenvalue weighted by atomic mass is 28.3. The van der Waals surface area contributed by atoms with Gasteiger partial charge in [0.05, 0.1) is 25.6 Å². The van der Waals surface area contributed by atoms with E-state index in [1.807, 2.05) is 4.57 Å². The van der Waals surface area contributed by atoms with Crippen molar-refractivity contribution in [2.24, 2.45) is 5.92 Å². The minimum Gasteiger partial charge on any atom is -0.469 e. The smallest absolute Gasteiger partial charge is 0.307 e. The number of ether oxygens (including phenoxy) is 1. The Labute approximate surface area is 122 Å². The number of hydrogen-bond donors (Lipinski definition) is 1. The zero-order valence-electron chi connectivity index (χ0n) is 13.6. The SMILES string of the molecule is COC(=O)C[C@@H]1[C@H]([C@@H](C)O)C(=O)N1[Si](C)(C)C(C)(C)C. The molecule has 0 unspecified atom stereocenters. The number of carbonyl (C=O) groups is 2. The molecule has 0 saturated carbocycles. The molecule has 3 atom stereocenters. The number of amides is 1. The molecule has 0 aromatic heterocycles. The highest BCUT2D eigenvalue weighted by molar-refractivity contribution is 6.80. The minimum absolute atomic E-state index is 0.000688. The maximum Gasteiger partial charge on any atom is 0.307 e. The van der Waals surface area contributed by atoms with Crippen molar-refractivity contribution in [3.63, 3.8) is 0 Å². The number of β-lactam (4-membered cyclic amide) rings is 1. The summed E-state index contributed by atoms with van der Waals surface area (Å²) in [7, 11) is -0.706. The predicted molar refractivity (Wildman–Crippen MR) is 79.6 cm³/mol. The average molecular weight is 301 g/mol. The lowest BCUT2D eigenvalue weighted by Crippen LogP contribution is -2.74. The monoisotopic (exact) mass is 301 g/mol. The highest BCUT2D eigenvalue weighted by Gasteiger charge is 2.58. The fourth-order valence-electron chi connectivity index (χ4n) is 2.62. The highest BCUT2D eigenvalue weighted by Crippen LogP contribution is 2.46. The van der Waals surface area contributed by atoms with Gasteiger partial charge in [-0.25, -0.2) is 0 Å². The Morgan fingerprint density at radius 1 is 1.45 bits per heavy atom. The Kier molecular flexibility index (Phi) is 4.71. The van der Waals surface area contributed by atoms with Crippen LogP contribution in [0, 0.1) is 5.92 Å². The molecule has 0 spiro atoms. The lowest BCUT2D eigenvalue weighted by atomic mass is 9.84. The first-order chi connectivity index (χ1) is 8.95. The van der Waals surface area contributed by atoms with Crippen molar-refractivity contribution < 1.29 is 19.4 Å². The Hall–Kier alpha value is -0.883. The quantitative estimate of drug-likeness (QED) is 0.488. The molecule has 20 heavy (non-hydrogen) atoms. The first-order valence-corrected chi connectivity index (χ1v) is 9.98. The first kappa shape index (κ1) is 17.2. The summed E-state index contributed by atoms with van der Waals surface area (Å²) < 4.78 is 6.60. The van der Waals surface area contributed by atoms with Gasteiger partial charge in [-0.15, -0.1) is 0 Å². The van der Waals surface area contributed by atoms with Crippen molar-refractivity contribution in [3.8, 4) is 0 Å². The van der Waals surface area contributed by atoms with E-state index >= 15 is 0 Å². The standard InChI is InChI=1S/C14H27NO4Si/c1-9(16)12-10(8-11(17)19-5)15(13(12)18)20(6,7)14(2,3)4/h9-10,12,16H,8H2,1-7H3/t9-,10-,12+/m1/s1. The predicted octanol–water partition coefficient (Wildman–Crippen LogP) is 1.76. The van der Waals surface area contributed by atoms with E-state index in [4.69, 9.17) is 4.74 Å². The van der Waals surface area contributed by atoms with E-state index in [0.29, 0.717) is 0 Å². The van der Waals surface area contributed by atoms with Crippen LogP contribution < -0.4 is 0 Å². The molecule has 1 N–H and O–H groups in total. The summed E-state index contributed by atoms with van der Waals surface area (Å²) in [5.74, 6) is -0.847. The van der Waals surface area contributed by atoms with Gasteiger partial charge in [0.25, 0.3) is 0 Å². The van der Waals surface area contributed by atoms with E-state index in [-0.39, 0.29) is 29.4 Å². The van der Waals surface area contributed by atoms with Crippen LogP contribution in [0.4, 0.5) is 0 Å². The van der Waals surface area contributed by atoms with Gasteiger partial charge in [0, 0.05) is 6.04 Å². The van der Waals surface area contributed by atoms with E-state index in [9.17, 15) is 14.7 Å². The summed E-state index contributed by atoms with van der Waals surface area (Å²) >= 11 is 0. The molecular formula is C14H27NO4Si. The molecule has 0 radical (unpaired) electrons. The van der Waals surface area contributed by atoms with Gasteiger partial charge in [-0.3, -0.25) is 9.59 Å². The van der Waals surface area contributed by atoms with Crippen LogP contribution >= 0.6 is 0 Å². The van der Waals surface area contributed by atoms with Crippen LogP contribution in [0.2, 0.25) is 18.1 Å². The first-order valence-electron chi connectivity index (χ1n) is 7.03. The maximum absolute atomic E-state index is 12.4. The molecule has 1 amide bonds. The number of carbonyl (C=O) groups excluding carboxylic acids is 2. The Morgan fingerprint density at radius 2 is 1.95 bits per heavy atom. The molecule has 6 heteroatoms. The van der Waals surface area contributed by atoms with Gasteiger partial charge in [-0.05, 0) is 12.0 Å². The minimum atomic E-state index is -2.05. The molecule has 0 aromatic carbocycles. The second-order valence-electron chi connectivity index (χ2n) is 7.13. The maximum atomic E-state index is 12.4. The van der Waals surface area contributed by atoms with E-state index in [1.165, 1.54) is 7.11 Å². The van der Waals surface area contributed by atoms with E-state index < -0.39 is 20.3 Å². The number of esters is 1. The molecular weight excluding hydrogens is 274 g/mol. The lowest BCUT2D eigenvalue weighted by Gasteiger charge is -2.58. The topological polar surface area (TPSA) is 66.8 Å². The molecule has 1 aliphatic rings. The third kappa shape index (κ3) is 2.76. The van der Waals surface area contributed by atoms with Crippen LogP contribution in [0.15, 0.2) is 0 Å². The number of methoxy groups -OCH3 is 1. The van der Waals surface area contributed by atoms with Crippen molar-refractivity contribution >= 4 is 20.1 Å². The number of hydrogen-bond acceptors (Lipinski definition) is 4. The molecule has 0 bridgehead atoms. The number of aliphatic hydroxyl groups excluding tert-OH is 1. The molecule has 0 aromatic rings. The van der Waals surface area contributed by atoms with Crippen molar-refractivity contribution in [3.05, 3.63) is 0 Å². The molecule has 1 saturated heterocycles. The summed E-state index contributed by atoms with van der Waals surface area (Å²) in [5, 5.41) is 9.80. The zero-order chi connectivity index (χ0) is 15.9. The van der Waals surface area contributed by atoms with Gasteiger partial charge in [0.15, 0.2) is 8.24 Å². The van der Waals surface area contributed by atoms with E-state index in [1.54, 1.807) is 6.92 Å². The summed E-state index contributed by atoms with van der Waals surface area (Å²) in [4.78, 5) is 24.0. The number of aliphatic hydroxyl groups is 1. The summed E-state index contributed by atoms with van der Waals surface area (Å²) in [6, 6.07) is -0.240. The summed E-state index contributed by atoms with van der Waals surface area (Å²) in [6.07, 6.45) is -0.581. The van der Waals surface area contributed by atoms with Crippen LogP contribution in [0.25, 0.3) is 0 Å². The molecule has 5 nitrogen and oxygen atoms in total. The van der Waals surface area contributed by atoms with Gasteiger partial charge >= 0.3 is 5.97 Å². The molecule has 0 aliphatic carbocycles. The Bertz CT molecular complexity index is 400. The van der Waals surface area contributed by atoms with Crippen LogP contribution in [-0.2, 0) is 14.3 Å². The van der Waals surface area contributed by atoms with Crippen molar-refractivity contribution in [2.45, 2.75) is 64.4 Å². The lowest BCUT2D eigenvalue weighted by molar-refractivity contribution is -0.159. The fourth-order valence-corrected chi connectivity index (χ4v) is 5.12.